The van der Waals surface area contributed by atoms with Crippen LogP contribution >= 0.6 is 11.8 Å². The van der Waals surface area contributed by atoms with E-state index in [9.17, 15) is 4.79 Å². The average Bonchev–Trinajstić information content (AvgIpc) is 2.34. The molecule has 0 radical (unpaired) electrons. The molecule has 0 bridgehead atoms. The molecule has 2 rings (SSSR count). The molecular formula is C13H10N2OS. The van der Waals surface area contributed by atoms with Crippen LogP contribution < -0.4 is 0 Å². The van der Waals surface area contributed by atoms with Gasteiger partial charge in [-0.2, -0.15) is 5.26 Å². The molecule has 17 heavy (non-hydrogen) atoms. The number of carbonyl (C=O) groups is 1. The largest absolute Gasteiger partial charge is 0.298 e. The molecule has 1 aliphatic heterocycles. The van der Waals surface area contributed by atoms with Gasteiger partial charge in [-0.25, -0.2) is 0 Å². The summed E-state index contributed by atoms with van der Waals surface area (Å²) in [5.74, 6) is -0.0826. The summed E-state index contributed by atoms with van der Waals surface area (Å²) in [4.78, 5) is 14.7. The number of hydrogen-bond donors (Lipinski definition) is 0. The second-order valence-corrected chi connectivity index (χ2v) is 4.48. The summed E-state index contributed by atoms with van der Waals surface area (Å²) in [5.41, 5.74) is 0.675. The number of nitrogens with zero attached hydrogens (tertiary/aromatic N) is 2. The number of benzene rings is 1. The van der Waals surface area contributed by atoms with Crippen LogP contribution in [0.2, 0.25) is 0 Å². The smallest absolute Gasteiger partial charge is 0.260 e. The first kappa shape index (κ1) is 11.5. The maximum atomic E-state index is 12.2. The van der Waals surface area contributed by atoms with Gasteiger partial charge in [0.15, 0.2) is 0 Å². The molecule has 1 heterocycles. The zero-order valence-electron chi connectivity index (χ0n) is 9.09. The van der Waals surface area contributed by atoms with E-state index in [4.69, 9.17) is 5.26 Å². The highest BCUT2D eigenvalue weighted by Crippen LogP contribution is 2.37. The zero-order chi connectivity index (χ0) is 12.3. The second kappa shape index (κ2) is 4.89. The molecule has 84 valence electrons. The maximum absolute atomic E-state index is 12.2. The zero-order valence-corrected chi connectivity index (χ0v) is 9.91. The molecule has 0 aromatic heterocycles. The Morgan fingerprint density at radius 1 is 1.47 bits per heavy atom. The fraction of sp³-hybridized carbons (Fsp3) is 0.0769. The van der Waals surface area contributed by atoms with Crippen molar-refractivity contribution in [1.29, 1.82) is 5.26 Å². The highest BCUT2D eigenvalue weighted by Gasteiger charge is 2.27. The Hall–Kier alpha value is -1.99. The Kier molecular flexibility index (Phi) is 3.31. The van der Waals surface area contributed by atoms with E-state index in [2.05, 4.69) is 6.58 Å². The minimum absolute atomic E-state index is 0.0826. The highest BCUT2D eigenvalue weighted by atomic mass is 32.2. The number of allylic oxidation sites excluding steroid dienone is 1. The number of fused-ring (bicyclic) bond motifs is 1. The Bertz CT molecular complexity index is 543. The summed E-state index contributed by atoms with van der Waals surface area (Å²) in [6, 6.07) is 9.36. The van der Waals surface area contributed by atoms with Gasteiger partial charge in [0.05, 0.1) is 16.7 Å². The molecule has 0 saturated carbocycles. The van der Waals surface area contributed by atoms with Crippen molar-refractivity contribution >= 4 is 17.7 Å². The van der Waals surface area contributed by atoms with Gasteiger partial charge in [-0.05, 0) is 12.1 Å². The fourth-order valence-corrected chi connectivity index (χ4v) is 2.63. The van der Waals surface area contributed by atoms with E-state index in [0.29, 0.717) is 17.1 Å². The van der Waals surface area contributed by atoms with E-state index in [1.54, 1.807) is 17.0 Å². The van der Waals surface area contributed by atoms with Gasteiger partial charge in [0.25, 0.3) is 5.91 Å². The van der Waals surface area contributed by atoms with E-state index in [1.807, 2.05) is 24.3 Å². The third-order valence-electron chi connectivity index (χ3n) is 2.34. The Morgan fingerprint density at radius 3 is 2.94 bits per heavy atom. The standard InChI is InChI=1S/C13H10N2OS/c1-2-9-15-12(7-8-14)17-11-6-4-3-5-10(11)13(15)16/h2-7H,1,9H2/b12-7+. The van der Waals surface area contributed by atoms with Crippen molar-refractivity contribution in [3.8, 4) is 6.07 Å². The molecule has 1 amide bonds. The van der Waals surface area contributed by atoms with Crippen LogP contribution in [0, 0.1) is 11.3 Å². The lowest BCUT2D eigenvalue weighted by atomic mass is 10.2. The van der Waals surface area contributed by atoms with Gasteiger partial charge in [-0.15, -0.1) is 6.58 Å². The minimum Gasteiger partial charge on any atom is -0.298 e. The van der Waals surface area contributed by atoms with E-state index in [0.717, 1.165) is 4.90 Å². The lowest BCUT2D eigenvalue weighted by Crippen LogP contribution is -2.32. The number of carbonyl (C=O) groups excluding carboxylic acids is 1. The van der Waals surface area contributed by atoms with Crippen molar-refractivity contribution < 1.29 is 4.79 Å². The van der Waals surface area contributed by atoms with Crippen LogP contribution in [0.5, 0.6) is 0 Å². The van der Waals surface area contributed by atoms with Crippen LogP contribution in [0.4, 0.5) is 0 Å². The van der Waals surface area contributed by atoms with Crippen LogP contribution in [-0.2, 0) is 0 Å². The van der Waals surface area contributed by atoms with Crippen LogP contribution in [0.15, 0.2) is 52.9 Å². The summed E-state index contributed by atoms with van der Waals surface area (Å²) in [6.45, 7) is 4.04. The van der Waals surface area contributed by atoms with Crippen molar-refractivity contribution in [3.05, 3.63) is 53.6 Å². The van der Waals surface area contributed by atoms with Gasteiger partial charge >= 0.3 is 0 Å². The molecule has 1 aromatic carbocycles. The molecule has 0 spiro atoms. The van der Waals surface area contributed by atoms with Crippen molar-refractivity contribution in [2.24, 2.45) is 0 Å². The summed E-state index contributed by atoms with van der Waals surface area (Å²) < 4.78 is 0. The molecule has 0 atom stereocenters. The topological polar surface area (TPSA) is 44.1 Å². The van der Waals surface area contributed by atoms with Gasteiger partial charge in [-0.1, -0.05) is 30.0 Å². The SMILES string of the molecule is C=CCN1C(=O)c2ccccc2S/C1=C/C#N. The third-order valence-corrected chi connectivity index (χ3v) is 3.47. The average molecular weight is 242 g/mol. The Balaban J connectivity index is 2.48. The van der Waals surface area contributed by atoms with E-state index in [1.165, 1.54) is 17.8 Å². The van der Waals surface area contributed by atoms with Crippen LogP contribution in [0.1, 0.15) is 10.4 Å². The molecule has 0 saturated heterocycles. The molecule has 4 heteroatoms. The van der Waals surface area contributed by atoms with E-state index < -0.39 is 0 Å². The lowest BCUT2D eigenvalue weighted by Gasteiger charge is -2.28. The third kappa shape index (κ3) is 2.10. The highest BCUT2D eigenvalue weighted by molar-refractivity contribution is 8.03. The summed E-state index contributed by atoms with van der Waals surface area (Å²) in [5, 5.41) is 9.38. The van der Waals surface area contributed by atoms with Gasteiger partial charge in [0, 0.05) is 17.5 Å². The Labute approximate surface area is 104 Å². The first-order valence-electron chi connectivity index (χ1n) is 5.07. The normalized spacial score (nSPS) is 16.5. The quantitative estimate of drug-likeness (QED) is 0.591. The number of thioether (sulfide) groups is 1. The minimum atomic E-state index is -0.0826. The van der Waals surface area contributed by atoms with Gasteiger partial charge < -0.3 is 0 Å². The van der Waals surface area contributed by atoms with Crippen molar-refractivity contribution in [2.45, 2.75) is 4.90 Å². The van der Waals surface area contributed by atoms with Crippen LogP contribution in [-0.4, -0.2) is 17.4 Å². The molecule has 0 aliphatic carbocycles. The monoisotopic (exact) mass is 242 g/mol. The van der Waals surface area contributed by atoms with Gasteiger partial charge in [0.2, 0.25) is 0 Å². The van der Waals surface area contributed by atoms with Crippen molar-refractivity contribution in [3.63, 3.8) is 0 Å². The predicted molar refractivity (Wildman–Crippen MR) is 67.2 cm³/mol. The summed E-state index contributed by atoms with van der Waals surface area (Å²) in [7, 11) is 0. The maximum Gasteiger partial charge on any atom is 0.260 e. The number of amides is 1. The van der Waals surface area contributed by atoms with Crippen LogP contribution in [0.3, 0.4) is 0 Å². The summed E-state index contributed by atoms with van der Waals surface area (Å²) in [6.07, 6.45) is 3.04. The van der Waals surface area contributed by atoms with Crippen molar-refractivity contribution in [1.82, 2.24) is 4.90 Å². The fourth-order valence-electron chi connectivity index (χ4n) is 1.61. The second-order valence-electron chi connectivity index (χ2n) is 3.41. The molecule has 1 aromatic rings. The molecule has 0 unspecified atom stereocenters. The lowest BCUT2D eigenvalue weighted by molar-refractivity contribution is 0.0823. The van der Waals surface area contributed by atoms with Crippen LogP contribution in [0.25, 0.3) is 0 Å². The predicted octanol–water partition coefficient (Wildman–Crippen LogP) is 2.79. The first-order chi connectivity index (χ1) is 8.27. The van der Waals surface area contributed by atoms with E-state index in [-0.39, 0.29) is 5.91 Å². The number of rotatable bonds is 2. The number of hydrogen-bond acceptors (Lipinski definition) is 3. The van der Waals surface area contributed by atoms with E-state index >= 15 is 0 Å². The molecule has 0 N–H and O–H groups in total. The molecule has 0 fully saturated rings. The number of nitriles is 1. The molecule has 3 nitrogen and oxygen atoms in total. The van der Waals surface area contributed by atoms with Gasteiger partial charge in [-0.3, -0.25) is 9.69 Å². The summed E-state index contributed by atoms with van der Waals surface area (Å²) >= 11 is 1.43. The van der Waals surface area contributed by atoms with Crippen molar-refractivity contribution in [2.75, 3.05) is 6.54 Å². The Morgan fingerprint density at radius 2 is 2.24 bits per heavy atom. The first-order valence-corrected chi connectivity index (χ1v) is 5.89. The molecular weight excluding hydrogens is 232 g/mol. The molecule has 1 aliphatic rings. The van der Waals surface area contributed by atoms with Gasteiger partial charge in [0.1, 0.15) is 0 Å².